The highest BCUT2D eigenvalue weighted by Gasteiger charge is 2.06. The SMILES string of the molecule is Brc1cc(Br)cc(Nc2nsc3ccccc23)c1. The molecule has 2 aromatic carbocycles. The Hall–Kier alpha value is -0.910. The number of halogens is 2. The summed E-state index contributed by atoms with van der Waals surface area (Å²) in [5, 5.41) is 4.50. The first-order valence-corrected chi connectivity index (χ1v) is 7.66. The highest BCUT2D eigenvalue weighted by atomic mass is 79.9. The van der Waals surface area contributed by atoms with Crippen LogP contribution in [0.2, 0.25) is 0 Å². The minimum Gasteiger partial charge on any atom is -0.339 e. The molecule has 0 aliphatic rings. The Morgan fingerprint density at radius 1 is 1.00 bits per heavy atom. The molecule has 0 radical (unpaired) electrons. The van der Waals surface area contributed by atoms with E-state index in [0.717, 1.165) is 25.8 Å². The van der Waals surface area contributed by atoms with Crippen molar-refractivity contribution >= 4 is 65.0 Å². The van der Waals surface area contributed by atoms with Crippen molar-refractivity contribution in [3.05, 3.63) is 51.4 Å². The van der Waals surface area contributed by atoms with Crippen LogP contribution in [0.5, 0.6) is 0 Å². The van der Waals surface area contributed by atoms with E-state index in [4.69, 9.17) is 0 Å². The molecule has 1 N–H and O–H groups in total. The molecule has 0 aliphatic heterocycles. The first kappa shape index (κ1) is 12.1. The number of nitrogens with zero attached hydrogens (tertiary/aromatic N) is 1. The Morgan fingerprint density at radius 2 is 1.72 bits per heavy atom. The van der Waals surface area contributed by atoms with Gasteiger partial charge in [0, 0.05) is 20.0 Å². The van der Waals surface area contributed by atoms with Crippen molar-refractivity contribution in [3.8, 4) is 0 Å². The zero-order valence-corrected chi connectivity index (χ0v) is 13.1. The monoisotopic (exact) mass is 382 g/mol. The van der Waals surface area contributed by atoms with Crippen LogP contribution in [0.15, 0.2) is 51.4 Å². The third-order valence-electron chi connectivity index (χ3n) is 2.50. The number of aromatic nitrogens is 1. The van der Waals surface area contributed by atoms with Crippen LogP contribution in [0, 0.1) is 0 Å². The third kappa shape index (κ3) is 2.43. The van der Waals surface area contributed by atoms with E-state index in [1.807, 2.05) is 30.3 Å². The fraction of sp³-hybridized carbons (Fsp3) is 0. The molecule has 0 saturated heterocycles. The zero-order chi connectivity index (χ0) is 12.5. The van der Waals surface area contributed by atoms with Crippen LogP contribution in [0.4, 0.5) is 11.5 Å². The molecular formula is C13H8Br2N2S. The number of anilines is 2. The second-order valence-electron chi connectivity index (χ2n) is 3.81. The van der Waals surface area contributed by atoms with Crippen molar-refractivity contribution in [2.75, 3.05) is 5.32 Å². The summed E-state index contributed by atoms with van der Waals surface area (Å²) in [5.74, 6) is 0.903. The first-order chi connectivity index (χ1) is 8.72. The number of rotatable bonds is 2. The molecular weight excluding hydrogens is 376 g/mol. The van der Waals surface area contributed by atoms with Crippen molar-refractivity contribution in [2.45, 2.75) is 0 Å². The summed E-state index contributed by atoms with van der Waals surface area (Å²) in [6.45, 7) is 0. The molecule has 0 saturated carbocycles. The van der Waals surface area contributed by atoms with E-state index in [1.165, 1.54) is 16.2 Å². The lowest BCUT2D eigenvalue weighted by atomic mass is 10.2. The van der Waals surface area contributed by atoms with Gasteiger partial charge >= 0.3 is 0 Å². The molecule has 18 heavy (non-hydrogen) atoms. The van der Waals surface area contributed by atoms with Crippen molar-refractivity contribution < 1.29 is 0 Å². The summed E-state index contributed by atoms with van der Waals surface area (Å²) in [6.07, 6.45) is 0. The van der Waals surface area contributed by atoms with E-state index in [2.05, 4.69) is 53.7 Å². The molecule has 1 aromatic heterocycles. The molecule has 1 heterocycles. The average molecular weight is 384 g/mol. The second kappa shape index (κ2) is 4.99. The molecule has 5 heteroatoms. The van der Waals surface area contributed by atoms with Gasteiger partial charge in [0.25, 0.3) is 0 Å². The molecule has 0 aliphatic carbocycles. The van der Waals surface area contributed by atoms with E-state index in [9.17, 15) is 0 Å². The standard InChI is InChI=1S/C13H8Br2N2S/c14-8-5-9(15)7-10(6-8)16-13-11-3-1-2-4-12(11)18-17-13/h1-7H,(H,16,17). The van der Waals surface area contributed by atoms with Gasteiger partial charge in [-0.25, -0.2) is 0 Å². The van der Waals surface area contributed by atoms with Crippen molar-refractivity contribution in [1.82, 2.24) is 4.37 Å². The number of benzene rings is 2. The molecule has 3 rings (SSSR count). The topological polar surface area (TPSA) is 24.9 Å². The van der Waals surface area contributed by atoms with Gasteiger partial charge in [-0.15, -0.1) is 0 Å². The van der Waals surface area contributed by atoms with Crippen LogP contribution >= 0.6 is 43.4 Å². The summed E-state index contributed by atoms with van der Waals surface area (Å²) < 4.78 is 7.69. The van der Waals surface area contributed by atoms with Crippen LogP contribution < -0.4 is 5.32 Å². The maximum absolute atomic E-state index is 4.45. The fourth-order valence-corrected chi connectivity index (χ4v) is 3.77. The summed E-state index contributed by atoms with van der Waals surface area (Å²) >= 11 is 8.46. The maximum Gasteiger partial charge on any atom is 0.151 e. The normalized spacial score (nSPS) is 10.8. The van der Waals surface area contributed by atoms with Gasteiger partial charge in [0.15, 0.2) is 5.82 Å². The lowest BCUT2D eigenvalue weighted by Gasteiger charge is -2.05. The lowest BCUT2D eigenvalue weighted by molar-refractivity contribution is 1.47. The second-order valence-corrected chi connectivity index (χ2v) is 6.45. The fourth-order valence-electron chi connectivity index (χ4n) is 1.74. The Morgan fingerprint density at radius 3 is 2.50 bits per heavy atom. The smallest absolute Gasteiger partial charge is 0.151 e. The Labute approximate surface area is 125 Å². The summed E-state index contributed by atoms with van der Waals surface area (Å²) in [7, 11) is 0. The van der Waals surface area contributed by atoms with E-state index >= 15 is 0 Å². The Balaban J connectivity index is 2.01. The van der Waals surface area contributed by atoms with Gasteiger partial charge in [-0.3, -0.25) is 0 Å². The molecule has 0 atom stereocenters. The van der Waals surface area contributed by atoms with Gasteiger partial charge in [-0.1, -0.05) is 44.0 Å². The van der Waals surface area contributed by atoms with Gasteiger partial charge in [0.05, 0.1) is 4.70 Å². The van der Waals surface area contributed by atoms with Crippen LogP contribution in [0.3, 0.4) is 0 Å². The number of fused-ring (bicyclic) bond motifs is 1. The minimum absolute atomic E-state index is 0.903. The Bertz CT molecular complexity index is 689. The number of hydrogen-bond acceptors (Lipinski definition) is 3. The van der Waals surface area contributed by atoms with Crippen LogP contribution in [0.25, 0.3) is 10.1 Å². The Kier molecular flexibility index (Phi) is 3.37. The lowest BCUT2D eigenvalue weighted by Crippen LogP contribution is -1.90. The predicted molar refractivity (Wildman–Crippen MR) is 84.7 cm³/mol. The van der Waals surface area contributed by atoms with Gasteiger partial charge in [0.2, 0.25) is 0 Å². The van der Waals surface area contributed by atoms with Crippen molar-refractivity contribution in [3.63, 3.8) is 0 Å². The van der Waals surface area contributed by atoms with Crippen LogP contribution in [0.1, 0.15) is 0 Å². The molecule has 0 fully saturated rings. The molecule has 0 bridgehead atoms. The summed E-state index contributed by atoms with van der Waals surface area (Å²) in [6, 6.07) is 14.3. The number of nitrogens with one attached hydrogen (secondary N) is 1. The van der Waals surface area contributed by atoms with Crippen LogP contribution in [-0.2, 0) is 0 Å². The van der Waals surface area contributed by atoms with E-state index < -0.39 is 0 Å². The third-order valence-corrected chi connectivity index (χ3v) is 4.24. The molecule has 3 aromatic rings. The zero-order valence-electron chi connectivity index (χ0n) is 9.15. The quantitative estimate of drug-likeness (QED) is 0.626. The summed E-state index contributed by atoms with van der Waals surface area (Å²) in [4.78, 5) is 0. The van der Waals surface area contributed by atoms with E-state index in [1.54, 1.807) is 0 Å². The highest BCUT2D eigenvalue weighted by Crippen LogP contribution is 2.31. The first-order valence-electron chi connectivity index (χ1n) is 5.30. The van der Waals surface area contributed by atoms with Crippen molar-refractivity contribution in [1.29, 1.82) is 0 Å². The van der Waals surface area contributed by atoms with E-state index in [-0.39, 0.29) is 0 Å². The maximum atomic E-state index is 4.45. The average Bonchev–Trinajstić information content (AvgIpc) is 2.72. The van der Waals surface area contributed by atoms with Gasteiger partial charge in [-0.05, 0) is 41.9 Å². The molecule has 2 nitrogen and oxygen atoms in total. The van der Waals surface area contributed by atoms with Gasteiger partial charge < -0.3 is 5.32 Å². The van der Waals surface area contributed by atoms with Gasteiger partial charge in [0.1, 0.15) is 0 Å². The van der Waals surface area contributed by atoms with E-state index in [0.29, 0.717) is 0 Å². The largest absolute Gasteiger partial charge is 0.339 e. The molecule has 90 valence electrons. The predicted octanol–water partition coefficient (Wildman–Crippen LogP) is 5.56. The highest BCUT2D eigenvalue weighted by molar-refractivity contribution is 9.11. The number of hydrogen-bond donors (Lipinski definition) is 1. The molecule has 0 unspecified atom stereocenters. The minimum atomic E-state index is 0.903. The molecule has 0 amide bonds. The summed E-state index contributed by atoms with van der Waals surface area (Å²) in [5.41, 5.74) is 1.01. The molecule has 0 spiro atoms. The van der Waals surface area contributed by atoms with Gasteiger partial charge in [-0.2, -0.15) is 4.37 Å². The van der Waals surface area contributed by atoms with Crippen LogP contribution in [-0.4, -0.2) is 4.37 Å². The van der Waals surface area contributed by atoms with Crippen molar-refractivity contribution in [2.24, 2.45) is 0 Å².